The summed E-state index contributed by atoms with van der Waals surface area (Å²) >= 11 is 0. The number of aromatic nitrogens is 3. The van der Waals surface area contributed by atoms with Gasteiger partial charge < -0.3 is 20.6 Å². The van der Waals surface area contributed by atoms with E-state index in [0.29, 0.717) is 17.2 Å². The van der Waals surface area contributed by atoms with Crippen LogP contribution in [0.2, 0.25) is 0 Å². The van der Waals surface area contributed by atoms with Crippen LogP contribution < -0.4 is 10.6 Å². The van der Waals surface area contributed by atoms with Crippen molar-refractivity contribution in [3.63, 3.8) is 0 Å². The zero-order valence-electron chi connectivity index (χ0n) is 18.4. The van der Waals surface area contributed by atoms with Crippen LogP contribution in [0.5, 0.6) is 5.75 Å². The molecule has 4 aromatic rings. The van der Waals surface area contributed by atoms with E-state index in [0.717, 1.165) is 42.9 Å². The summed E-state index contributed by atoms with van der Waals surface area (Å²) in [6.07, 6.45) is 1.96. The largest absolute Gasteiger partial charge is 0.508 e. The normalized spacial score (nSPS) is 14.9. The van der Waals surface area contributed by atoms with E-state index in [9.17, 15) is 9.90 Å². The number of fused-ring (bicyclic) bond motifs is 1. The molecule has 0 saturated carbocycles. The predicted molar refractivity (Wildman–Crippen MR) is 128 cm³/mol. The Morgan fingerprint density at radius 1 is 1.03 bits per heavy atom. The summed E-state index contributed by atoms with van der Waals surface area (Å²) in [6.45, 7) is 2.01. The van der Waals surface area contributed by atoms with Crippen molar-refractivity contribution in [3.05, 3.63) is 72.3 Å². The van der Waals surface area contributed by atoms with Crippen molar-refractivity contribution in [2.75, 3.05) is 25.5 Å². The lowest BCUT2D eigenvalue weighted by molar-refractivity contribution is 0.0917. The maximum atomic E-state index is 12.6. The van der Waals surface area contributed by atoms with Gasteiger partial charge in [-0.3, -0.25) is 4.79 Å². The average molecular weight is 443 g/mol. The van der Waals surface area contributed by atoms with Gasteiger partial charge in [-0.2, -0.15) is 4.98 Å². The number of hydrogen-bond acceptors (Lipinski definition) is 6. The molecule has 2 aromatic heterocycles. The highest BCUT2D eigenvalue weighted by Gasteiger charge is 2.19. The Balaban J connectivity index is 1.30. The average Bonchev–Trinajstić information content (AvgIpc) is 3.23. The molecule has 0 radical (unpaired) electrons. The molecular formula is C25H26N6O2. The summed E-state index contributed by atoms with van der Waals surface area (Å²) < 4.78 is 1.74. The molecule has 1 fully saturated rings. The molecule has 0 aliphatic carbocycles. The molecular weight excluding hydrogens is 416 g/mol. The Labute approximate surface area is 191 Å². The van der Waals surface area contributed by atoms with Gasteiger partial charge in [-0.05, 0) is 81.5 Å². The monoisotopic (exact) mass is 442 g/mol. The predicted octanol–water partition coefficient (Wildman–Crippen LogP) is 3.67. The SMILES string of the molecule is CN1CCC(NC(=O)c2ccc(Nc3nc4cccc(-c5cccc(O)c5)n4n3)cc2)CC1. The number of amides is 1. The molecule has 0 bridgehead atoms. The fourth-order valence-corrected chi connectivity index (χ4v) is 4.10. The molecule has 1 aliphatic heterocycles. The minimum absolute atomic E-state index is 0.0438. The van der Waals surface area contributed by atoms with Gasteiger partial charge in [0.25, 0.3) is 5.91 Å². The van der Waals surface area contributed by atoms with Crippen molar-refractivity contribution >= 4 is 23.2 Å². The Bertz CT molecular complexity index is 1280. The van der Waals surface area contributed by atoms with E-state index in [2.05, 4.69) is 32.7 Å². The lowest BCUT2D eigenvalue weighted by Gasteiger charge is -2.29. The van der Waals surface area contributed by atoms with Crippen LogP contribution in [-0.2, 0) is 0 Å². The van der Waals surface area contributed by atoms with Crippen molar-refractivity contribution in [1.29, 1.82) is 0 Å². The fraction of sp³-hybridized carbons (Fsp3) is 0.240. The van der Waals surface area contributed by atoms with Crippen LogP contribution in [0.25, 0.3) is 16.9 Å². The smallest absolute Gasteiger partial charge is 0.251 e. The molecule has 168 valence electrons. The molecule has 5 rings (SSSR count). The number of anilines is 2. The third-order valence-corrected chi connectivity index (χ3v) is 5.96. The highest BCUT2D eigenvalue weighted by Crippen LogP contribution is 2.25. The van der Waals surface area contributed by atoms with Crippen LogP contribution in [0.15, 0.2) is 66.7 Å². The van der Waals surface area contributed by atoms with E-state index in [1.807, 2.05) is 36.4 Å². The first kappa shape index (κ1) is 21.0. The van der Waals surface area contributed by atoms with Crippen molar-refractivity contribution in [3.8, 4) is 17.0 Å². The van der Waals surface area contributed by atoms with Gasteiger partial charge in [-0.25, -0.2) is 4.52 Å². The fourth-order valence-electron chi connectivity index (χ4n) is 4.10. The van der Waals surface area contributed by atoms with E-state index in [1.165, 1.54) is 0 Å². The highest BCUT2D eigenvalue weighted by molar-refractivity contribution is 5.94. The summed E-state index contributed by atoms with van der Waals surface area (Å²) in [7, 11) is 2.11. The molecule has 1 saturated heterocycles. The summed E-state index contributed by atoms with van der Waals surface area (Å²) in [6, 6.07) is 20.3. The van der Waals surface area contributed by atoms with Gasteiger partial charge in [0.1, 0.15) is 5.75 Å². The molecule has 3 N–H and O–H groups in total. The van der Waals surface area contributed by atoms with Crippen molar-refractivity contribution in [1.82, 2.24) is 24.8 Å². The van der Waals surface area contributed by atoms with Crippen LogP contribution in [0.3, 0.4) is 0 Å². The molecule has 2 aromatic carbocycles. The minimum Gasteiger partial charge on any atom is -0.508 e. The first-order valence-electron chi connectivity index (χ1n) is 11.1. The maximum Gasteiger partial charge on any atom is 0.251 e. The van der Waals surface area contributed by atoms with Gasteiger partial charge in [-0.15, -0.1) is 5.10 Å². The molecule has 0 atom stereocenters. The second-order valence-corrected chi connectivity index (χ2v) is 8.42. The first-order chi connectivity index (χ1) is 16.0. The van der Waals surface area contributed by atoms with Gasteiger partial charge in [-0.1, -0.05) is 18.2 Å². The van der Waals surface area contributed by atoms with Gasteiger partial charge in [0.05, 0.1) is 5.69 Å². The minimum atomic E-state index is -0.0438. The number of likely N-dealkylation sites (tertiary alicyclic amines) is 1. The number of hydrogen-bond donors (Lipinski definition) is 3. The van der Waals surface area contributed by atoms with Gasteiger partial charge in [0, 0.05) is 22.9 Å². The van der Waals surface area contributed by atoms with E-state index in [1.54, 1.807) is 34.8 Å². The molecule has 3 heterocycles. The molecule has 1 amide bonds. The van der Waals surface area contributed by atoms with Crippen molar-refractivity contribution in [2.24, 2.45) is 0 Å². The Morgan fingerprint density at radius 2 is 1.79 bits per heavy atom. The Hall–Kier alpha value is -3.91. The standard InChI is InChI=1S/C25H26N6O2/c1-30-14-12-20(13-15-30)26-24(33)17-8-10-19(11-9-17)27-25-28-23-7-3-6-22(31(23)29-25)18-4-2-5-21(32)16-18/h2-11,16,20,32H,12-15H2,1H3,(H,26,33)(H,27,29). The lowest BCUT2D eigenvalue weighted by Crippen LogP contribution is -2.43. The van der Waals surface area contributed by atoms with Crippen LogP contribution in [0, 0.1) is 0 Å². The number of aromatic hydroxyl groups is 1. The van der Waals surface area contributed by atoms with Gasteiger partial charge in [0.2, 0.25) is 5.95 Å². The van der Waals surface area contributed by atoms with E-state index >= 15 is 0 Å². The summed E-state index contributed by atoms with van der Waals surface area (Å²) in [5.74, 6) is 0.603. The van der Waals surface area contributed by atoms with E-state index < -0.39 is 0 Å². The number of pyridine rings is 1. The topological polar surface area (TPSA) is 94.8 Å². The highest BCUT2D eigenvalue weighted by atomic mass is 16.3. The third kappa shape index (κ3) is 4.65. The zero-order valence-corrected chi connectivity index (χ0v) is 18.4. The summed E-state index contributed by atoms with van der Waals surface area (Å²) in [5.41, 5.74) is 3.78. The second-order valence-electron chi connectivity index (χ2n) is 8.42. The van der Waals surface area contributed by atoms with Crippen molar-refractivity contribution < 1.29 is 9.90 Å². The number of carbonyl (C=O) groups is 1. The molecule has 8 nitrogen and oxygen atoms in total. The van der Waals surface area contributed by atoms with E-state index in [-0.39, 0.29) is 17.7 Å². The van der Waals surface area contributed by atoms with E-state index in [4.69, 9.17) is 0 Å². The summed E-state index contributed by atoms with van der Waals surface area (Å²) in [4.78, 5) is 19.4. The molecule has 0 spiro atoms. The Kier molecular flexibility index (Phi) is 5.66. The second kappa shape index (κ2) is 8.91. The lowest BCUT2D eigenvalue weighted by atomic mass is 10.0. The quantitative estimate of drug-likeness (QED) is 0.437. The van der Waals surface area contributed by atoms with Crippen LogP contribution >= 0.6 is 0 Å². The molecule has 33 heavy (non-hydrogen) atoms. The van der Waals surface area contributed by atoms with Gasteiger partial charge >= 0.3 is 0 Å². The number of benzene rings is 2. The number of nitrogens with one attached hydrogen (secondary N) is 2. The van der Waals surface area contributed by atoms with Crippen LogP contribution in [-0.4, -0.2) is 56.7 Å². The molecule has 1 aliphatic rings. The molecule has 0 unspecified atom stereocenters. The van der Waals surface area contributed by atoms with Crippen LogP contribution in [0.1, 0.15) is 23.2 Å². The number of rotatable bonds is 5. The number of phenolic OH excluding ortho intramolecular Hbond substituents is 1. The van der Waals surface area contributed by atoms with Crippen molar-refractivity contribution in [2.45, 2.75) is 18.9 Å². The third-order valence-electron chi connectivity index (χ3n) is 5.96. The number of nitrogens with zero attached hydrogens (tertiary/aromatic N) is 4. The first-order valence-corrected chi connectivity index (χ1v) is 11.1. The van der Waals surface area contributed by atoms with Gasteiger partial charge in [0.15, 0.2) is 5.65 Å². The van der Waals surface area contributed by atoms with Crippen LogP contribution in [0.4, 0.5) is 11.6 Å². The Morgan fingerprint density at radius 3 is 2.55 bits per heavy atom. The summed E-state index contributed by atoms with van der Waals surface area (Å²) in [5, 5.41) is 20.7. The zero-order chi connectivity index (χ0) is 22.8. The number of carbonyl (C=O) groups excluding carboxylic acids is 1. The maximum absolute atomic E-state index is 12.6. The number of phenols is 1. The molecule has 8 heteroatoms. The number of piperidine rings is 1.